The maximum atomic E-state index is 6.11. The van der Waals surface area contributed by atoms with Crippen molar-refractivity contribution >= 4 is 22.9 Å². The number of thiophene rings is 1. The average Bonchev–Trinajstić information content (AvgIpc) is 2.85. The van der Waals surface area contributed by atoms with Crippen LogP contribution in [0.5, 0.6) is 0 Å². The van der Waals surface area contributed by atoms with Crippen LogP contribution in [0.2, 0.25) is 5.02 Å². The van der Waals surface area contributed by atoms with E-state index in [0.717, 1.165) is 17.4 Å². The summed E-state index contributed by atoms with van der Waals surface area (Å²) in [5.41, 5.74) is 2.90. The Bertz CT molecular complexity index is 307. The maximum absolute atomic E-state index is 6.11. The van der Waals surface area contributed by atoms with Crippen molar-refractivity contribution in [2.75, 3.05) is 0 Å². The molecule has 84 valence electrons. The fourth-order valence-electron chi connectivity index (χ4n) is 2.38. The molecule has 1 aliphatic rings. The molecule has 0 saturated heterocycles. The molecule has 1 aliphatic carbocycles. The van der Waals surface area contributed by atoms with Crippen molar-refractivity contribution in [1.29, 1.82) is 0 Å². The van der Waals surface area contributed by atoms with E-state index < -0.39 is 0 Å². The number of hydrogen-bond acceptors (Lipinski definition) is 3. The van der Waals surface area contributed by atoms with Crippen LogP contribution in [0.1, 0.15) is 43.0 Å². The van der Waals surface area contributed by atoms with Crippen LogP contribution < -0.4 is 11.3 Å². The second kappa shape index (κ2) is 5.30. The third-order valence-corrected chi connectivity index (χ3v) is 4.68. The van der Waals surface area contributed by atoms with Crippen LogP contribution in [0, 0.1) is 5.92 Å². The Labute approximate surface area is 99.8 Å². The molecule has 0 bridgehead atoms. The summed E-state index contributed by atoms with van der Waals surface area (Å²) in [5, 5.41) is 2.87. The highest BCUT2D eigenvalue weighted by molar-refractivity contribution is 7.10. The van der Waals surface area contributed by atoms with Gasteiger partial charge in [0.15, 0.2) is 0 Å². The number of halogens is 1. The maximum Gasteiger partial charge on any atom is 0.0570 e. The lowest BCUT2D eigenvalue weighted by Gasteiger charge is -2.18. The number of hydrazine groups is 1. The van der Waals surface area contributed by atoms with Crippen molar-refractivity contribution in [3.05, 3.63) is 21.3 Å². The summed E-state index contributed by atoms with van der Waals surface area (Å²) >= 11 is 7.80. The SMILES string of the molecule is NNC(CC1CCCC1)c1sccc1Cl. The van der Waals surface area contributed by atoms with Gasteiger partial charge >= 0.3 is 0 Å². The monoisotopic (exact) mass is 244 g/mol. The van der Waals surface area contributed by atoms with Crippen LogP contribution in [0.25, 0.3) is 0 Å². The Balaban J connectivity index is 2.00. The normalized spacial score (nSPS) is 19.6. The fourth-order valence-corrected chi connectivity index (χ4v) is 3.65. The third kappa shape index (κ3) is 2.72. The van der Waals surface area contributed by atoms with Crippen molar-refractivity contribution in [2.24, 2.45) is 11.8 Å². The number of nitrogens with two attached hydrogens (primary N) is 1. The summed E-state index contributed by atoms with van der Waals surface area (Å²) in [6, 6.07) is 2.18. The highest BCUT2D eigenvalue weighted by Crippen LogP contribution is 2.36. The third-order valence-electron chi connectivity index (χ3n) is 3.21. The van der Waals surface area contributed by atoms with Crippen molar-refractivity contribution in [3.63, 3.8) is 0 Å². The molecule has 0 amide bonds. The van der Waals surface area contributed by atoms with Gasteiger partial charge < -0.3 is 0 Å². The molecule has 2 nitrogen and oxygen atoms in total. The van der Waals surface area contributed by atoms with Crippen LogP contribution in [-0.4, -0.2) is 0 Å². The zero-order chi connectivity index (χ0) is 10.7. The first-order chi connectivity index (χ1) is 7.31. The Morgan fingerprint density at radius 1 is 1.53 bits per heavy atom. The molecule has 4 heteroatoms. The molecule has 1 aromatic rings. The Hall–Kier alpha value is -0.0900. The zero-order valence-electron chi connectivity index (χ0n) is 8.71. The molecule has 0 radical (unpaired) electrons. The minimum Gasteiger partial charge on any atom is -0.271 e. The summed E-state index contributed by atoms with van der Waals surface area (Å²) in [7, 11) is 0. The van der Waals surface area contributed by atoms with E-state index in [9.17, 15) is 0 Å². The lowest BCUT2D eigenvalue weighted by molar-refractivity contribution is 0.404. The molecular weight excluding hydrogens is 228 g/mol. The van der Waals surface area contributed by atoms with Gasteiger partial charge in [0.1, 0.15) is 0 Å². The minimum absolute atomic E-state index is 0.237. The Morgan fingerprint density at radius 2 is 2.27 bits per heavy atom. The van der Waals surface area contributed by atoms with E-state index >= 15 is 0 Å². The highest BCUT2D eigenvalue weighted by atomic mass is 35.5. The second-order valence-electron chi connectivity index (χ2n) is 4.24. The van der Waals surface area contributed by atoms with E-state index in [1.807, 2.05) is 11.4 Å². The van der Waals surface area contributed by atoms with Crippen molar-refractivity contribution in [1.82, 2.24) is 5.43 Å². The lowest BCUT2D eigenvalue weighted by Crippen LogP contribution is -2.29. The molecule has 1 heterocycles. The predicted octanol–water partition coefficient (Wildman–Crippen LogP) is 3.49. The van der Waals surface area contributed by atoms with Gasteiger partial charge in [-0.2, -0.15) is 0 Å². The van der Waals surface area contributed by atoms with Gasteiger partial charge in [-0.25, -0.2) is 0 Å². The van der Waals surface area contributed by atoms with Gasteiger partial charge in [-0.15, -0.1) is 11.3 Å². The number of hydrogen-bond donors (Lipinski definition) is 2. The average molecular weight is 245 g/mol. The standard InChI is InChI=1S/C11H17ClN2S/c12-9-5-6-15-11(9)10(14-13)7-8-3-1-2-4-8/h5-6,8,10,14H,1-4,7,13H2. The lowest BCUT2D eigenvalue weighted by atomic mass is 9.98. The number of rotatable bonds is 4. The molecule has 1 saturated carbocycles. The molecule has 0 spiro atoms. The largest absolute Gasteiger partial charge is 0.271 e. The molecule has 1 aromatic heterocycles. The van der Waals surface area contributed by atoms with Crippen molar-refractivity contribution in [3.8, 4) is 0 Å². The van der Waals surface area contributed by atoms with Crippen LogP contribution in [0.3, 0.4) is 0 Å². The summed E-state index contributed by atoms with van der Waals surface area (Å²) in [4.78, 5) is 1.19. The number of nitrogens with one attached hydrogen (secondary N) is 1. The van der Waals surface area contributed by atoms with Crippen molar-refractivity contribution in [2.45, 2.75) is 38.1 Å². The van der Waals surface area contributed by atoms with Gasteiger partial charge in [0, 0.05) is 4.88 Å². The minimum atomic E-state index is 0.237. The molecule has 15 heavy (non-hydrogen) atoms. The van der Waals surface area contributed by atoms with E-state index in [0.29, 0.717) is 0 Å². The van der Waals surface area contributed by atoms with Crippen molar-refractivity contribution < 1.29 is 0 Å². The Morgan fingerprint density at radius 3 is 2.80 bits per heavy atom. The first-order valence-electron chi connectivity index (χ1n) is 5.50. The van der Waals surface area contributed by atoms with Crippen LogP contribution in [0.4, 0.5) is 0 Å². The van der Waals surface area contributed by atoms with Crippen LogP contribution in [0.15, 0.2) is 11.4 Å². The summed E-state index contributed by atoms with van der Waals surface area (Å²) in [6.45, 7) is 0. The first-order valence-corrected chi connectivity index (χ1v) is 6.76. The highest BCUT2D eigenvalue weighted by Gasteiger charge is 2.22. The first kappa shape index (κ1) is 11.4. The second-order valence-corrected chi connectivity index (χ2v) is 5.59. The molecule has 1 unspecified atom stereocenters. The van der Waals surface area contributed by atoms with Gasteiger partial charge in [-0.3, -0.25) is 11.3 Å². The van der Waals surface area contributed by atoms with E-state index in [4.69, 9.17) is 17.4 Å². The van der Waals surface area contributed by atoms with Gasteiger partial charge in [0.2, 0.25) is 0 Å². The fraction of sp³-hybridized carbons (Fsp3) is 0.636. The molecule has 2 rings (SSSR count). The molecular formula is C11H17ClN2S. The Kier molecular flexibility index (Phi) is 4.03. The summed E-state index contributed by atoms with van der Waals surface area (Å²) in [5.74, 6) is 6.43. The van der Waals surface area contributed by atoms with Gasteiger partial charge in [0.05, 0.1) is 11.1 Å². The van der Waals surface area contributed by atoms with E-state index in [2.05, 4.69) is 5.43 Å². The molecule has 0 aromatic carbocycles. The van der Waals surface area contributed by atoms with Gasteiger partial charge in [0.25, 0.3) is 0 Å². The van der Waals surface area contributed by atoms with Crippen LogP contribution >= 0.6 is 22.9 Å². The molecule has 3 N–H and O–H groups in total. The predicted molar refractivity (Wildman–Crippen MR) is 66.0 cm³/mol. The summed E-state index contributed by atoms with van der Waals surface area (Å²) < 4.78 is 0. The van der Waals surface area contributed by atoms with Gasteiger partial charge in [-0.1, -0.05) is 37.3 Å². The van der Waals surface area contributed by atoms with Crippen LogP contribution in [-0.2, 0) is 0 Å². The molecule has 0 aliphatic heterocycles. The smallest absolute Gasteiger partial charge is 0.0570 e. The van der Waals surface area contributed by atoms with E-state index in [-0.39, 0.29) is 6.04 Å². The molecule has 1 fully saturated rings. The zero-order valence-corrected chi connectivity index (χ0v) is 10.3. The summed E-state index contributed by atoms with van der Waals surface area (Å²) in [6.07, 6.45) is 6.57. The molecule has 1 atom stereocenters. The topological polar surface area (TPSA) is 38.0 Å². The van der Waals surface area contributed by atoms with Gasteiger partial charge in [-0.05, 0) is 23.8 Å². The van der Waals surface area contributed by atoms with E-state index in [1.165, 1.54) is 30.6 Å². The van der Waals surface area contributed by atoms with E-state index in [1.54, 1.807) is 11.3 Å². The quantitative estimate of drug-likeness (QED) is 0.629.